The van der Waals surface area contributed by atoms with E-state index in [1.54, 1.807) is 12.4 Å². The van der Waals surface area contributed by atoms with E-state index in [1.807, 2.05) is 29.8 Å². The summed E-state index contributed by atoms with van der Waals surface area (Å²) in [6.07, 6.45) is -2.61. The number of alkyl halides is 4. The van der Waals surface area contributed by atoms with Crippen molar-refractivity contribution in [2.45, 2.75) is 57.5 Å². The molecule has 12 heteroatoms. The standard InChI is InChI=1S/C33H34F4N6O2/c1-4-6-29(44)42-16-22(28(34)18-42)15-38-14-21-9-25-26(27(10-21)33(35,36)37)17-43(30(25)45)24-8-5-7-23(11-24)32(12-20(2)13-32)31-40-39-19-41(31)3/h5,7-11,19-20,22,28,38H,12-18H2,1-3H3/t20?,22-,28+,32?/m0/s1. The van der Waals surface area contributed by atoms with Crippen molar-refractivity contribution in [3.63, 3.8) is 0 Å². The molecule has 0 radical (unpaired) electrons. The number of aromatic nitrogens is 3. The lowest BCUT2D eigenvalue weighted by Crippen LogP contribution is -2.43. The molecule has 3 aliphatic rings. The quantitative estimate of drug-likeness (QED) is 0.307. The maximum Gasteiger partial charge on any atom is 0.416 e. The number of benzene rings is 2. The summed E-state index contributed by atoms with van der Waals surface area (Å²) >= 11 is 0. The van der Waals surface area contributed by atoms with Crippen LogP contribution in [0.15, 0.2) is 42.7 Å². The van der Waals surface area contributed by atoms with Gasteiger partial charge in [0, 0.05) is 43.9 Å². The molecule has 2 fully saturated rings. The molecule has 8 nitrogen and oxygen atoms in total. The number of anilines is 1. The first kappa shape index (κ1) is 30.8. The molecule has 2 aliphatic heterocycles. The van der Waals surface area contributed by atoms with Crippen molar-refractivity contribution in [1.82, 2.24) is 25.0 Å². The number of hydrogen-bond acceptors (Lipinski definition) is 5. The van der Waals surface area contributed by atoms with Gasteiger partial charge in [-0.05, 0) is 72.6 Å². The average molecular weight is 623 g/mol. The van der Waals surface area contributed by atoms with Crippen molar-refractivity contribution in [1.29, 1.82) is 0 Å². The van der Waals surface area contributed by atoms with Crippen LogP contribution in [0.25, 0.3) is 0 Å². The van der Waals surface area contributed by atoms with E-state index in [-0.39, 0.29) is 49.4 Å². The molecule has 1 saturated carbocycles. The number of carbonyl (C=O) groups is 2. The van der Waals surface area contributed by atoms with Gasteiger partial charge in [0.25, 0.3) is 11.8 Å². The van der Waals surface area contributed by atoms with E-state index in [0.717, 1.165) is 30.3 Å². The molecule has 1 aliphatic carbocycles. The molecular formula is C33H34F4N6O2. The summed E-state index contributed by atoms with van der Waals surface area (Å²) in [5.41, 5.74) is 0.430. The number of rotatable bonds is 7. The molecule has 2 aromatic carbocycles. The fourth-order valence-corrected chi connectivity index (χ4v) is 7.17. The fraction of sp³-hybridized carbons (Fsp3) is 0.455. The number of halogens is 4. The summed E-state index contributed by atoms with van der Waals surface area (Å²) in [6, 6.07) is 9.98. The van der Waals surface area contributed by atoms with Crippen LogP contribution in [0.4, 0.5) is 23.2 Å². The second-order valence-electron chi connectivity index (χ2n) is 12.5. The lowest BCUT2D eigenvalue weighted by molar-refractivity contribution is -0.138. The van der Waals surface area contributed by atoms with Crippen LogP contribution < -0.4 is 10.2 Å². The van der Waals surface area contributed by atoms with E-state index in [2.05, 4.69) is 34.3 Å². The Labute approximate surface area is 258 Å². The Bertz CT molecular complexity index is 1700. The zero-order valence-corrected chi connectivity index (χ0v) is 25.3. The van der Waals surface area contributed by atoms with E-state index in [1.165, 1.54) is 22.8 Å². The molecule has 2 amide bonds. The summed E-state index contributed by atoms with van der Waals surface area (Å²) in [5.74, 6) is 4.72. The monoisotopic (exact) mass is 622 g/mol. The lowest BCUT2D eigenvalue weighted by Gasteiger charge is -2.46. The van der Waals surface area contributed by atoms with E-state index < -0.39 is 41.1 Å². The first-order valence-corrected chi connectivity index (χ1v) is 15.0. The Morgan fingerprint density at radius 3 is 2.62 bits per heavy atom. The van der Waals surface area contributed by atoms with Crippen LogP contribution in [-0.4, -0.2) is 57.3 Å². The first-order valence-electron chi connectivity index (χ1n) is 15.0. The first-order chi connectivity index (χ1) is 21.4. The van der Waals surface area contributed by atoms with Crippen molar-refractivity contribution in [2.75, 3.05) is 24.5 Å². The van der Waals surface area contributed by atoms with Gasteiger partial charge in [-0.1, -0.05) is 25.0 Å². The van der Waals surface area contributed by atoms with Crippen molar-refractivity contribution in [3.05, 3.63) is 76.4 Å². The van der Waals surface area contributed by atoms with Crippen LogP contribution in [-0.2, 0) is 36.5 Å². The third kappa shape index (κ3) is 5.58. The molecule has 2 atom stereocenters. The predicted molar refractivity (Wildman–Crippen MR) is 159 cm³/mol. The average Bonchev–Trinajstić information content (AvgIpc) is 3.67. The summed E-state index contributed by atoms with van der Waals surface area (Å²) < 4.78 is 59.4. The molecule has 3 aromatic rings. The lowest BCUT2D eigenvalue weighted by atomic mass is 9.58. The van der Waals surface area contributed by atoms with Crippen molar-refractivity contribution in [3.8, 4) is 11.8 Å². The second-order valence-corrected chi connectivity index (χ2v) is 12.5. The van der Waals surface area contributed by atoms with Crippen molar-refractivity contribution >= 4 is 17.5 Å². The summed E-state index contributed by atoms with van der Waals surface area (Å²) in [5, 5.41) is 11.5. The maximum absolute atomic E-state index is 14.6. The highest BCUT2D eigenvalue weighted by molar-refractivity contribution is 6.10. The van der Waals surface area contributed by atoms with Crippen molar-refractivity contribution < 1.29 is 27.2 Å². The minimum Gasteiger partial charge on any atom is -0.329 e. The zero-order chi connectivity index (χ0) is 32.1. The van der Waals surface area contributed by atoms with Gasteiger partial charge in [-0.2, -0.15) is 13.2 Å². The number of carbonyl (C=O) groups excluding carboxylic acids is 2. The molecule has 1 aromatic heterocycles. The fourth-order valence-electron chi connectivity index (χ4n) is 7.17. The molecule has 6 rings (SSSR count). The van der Waals surface area contributed by atoms with E-state index >= 15 is 0 Å². The highest BCUT2D eigenvalue weighted by atomic mass is 19.4. The topological polar surface area (TPSA) is 83.4 Å². The van der Waals surface area contributed by atoms with E-state index in [0.29, 0.717) is 11.6 Å². The van der Waals surface area contributed by atoms with Crippen LogP contribution in [0.2, 0.25) is 0 Å². The van der Waals surface area contributed by atoms with Gasteiger partial charge in [-0.25, -0.2) is 4.39 Å². The van der Waals surface area contributed by atoms with E-state index in [9.17, 15) is 27.2 Å². The van der Waals surface area contributed by atoms with Gasteiger partial charge in [0.05, 0.1) is 24.1 Å². The van der Waals surface area contributed by atoms with Gasteiger partial charge in [-0.15, -0.1) is 10.2 Å². The summed E-state index contributed by atoms with van der Waals surface area (Å²) in [6.45, 7) is 3.74. The predicted octanol–water partition coefficient (Wildman–Crippen LogP) is 4.62. The van der Waals surface area contributed by atoms with Crippen LogP contribution >= 0.6 is 0 Å². The highest BCUT2D eigenvalue weighted by Gasteiger charge is 2.48. The van der Waals surface area contributed by atoms with Gasteiger partial charge >= 0.3 is 6.18 Å². The van der Waals surface area contributed by atoms with Gasteiger partial charge in [0.15, 0.2) is 0 Å². The Morgan fingerprint density at radius 2 is 1.96 bits per heavy atom. The number of fused-ring (bicyclic) bond motifs is 1. The Morgan fingerprint density at radius 1 is 1.18 bits per heavy atom. The Hall–Kier alpha value is -4.24. The molecule has 0 spiro atoms. The van der Waals surface area contributed by atoms with Gasteiger partial charge in [0.1, 0.15) is 18.3 Å². The third-order valence-corrected chi connectivity index (χ3v) is 9.27. The second kappa shape index (κ2) is 11.6. The molecule has 0 bridgehead atoms. The Kier molecular flexibility index (Phi) is 7.93. The molecule has 3 heterocycles. The summed E-state index contributed by atoms with van der Waals surface area (Å²) in [7, 11) is 1.89. The van der Waals surface area contributed by atoms with Gasteiger partial charge < -0.3 is 19.7 Å². The molecule has 236 valence electrons. The smallest absolute Gasteiger partial charge is 0.329 e. The minimum atomic E-state index is -4.67. The van der Waals surface area contributed by atoms with Crippen LogP contribution in [0, 0.1) is 23.7 Å². The van der Waals surface area contributed by atoms with E-state index in [4.69, 9.17) is 0 Å². The van der Waals surface area contributed by atoms with Crippen LogP contribution in [0.3, 0.4) is 0 Å². The maximum atomic E-state index is 14.6. The molecule has 0 unspecified atom stereocenters. The van der Waals surface area contributed by atoms with Crippen molar-refractivity contribution in [2.24, 2.45) is 18.9 Å². The molecule has 1 N–H and O–H groups in total. The Balaban J connectivity index is 1.23. The normalized spacial score (nSPS) is 24.3. The van der Waals surface area contributed by atoms with Gasteiger partial charge in [-0.3, -0.25) is 9.59 Å². The number of nitrogens with zero attached hydrogens (tertiary/aromatic N) is 5. The number of nitrogens with one attached hydrogen (secondary N) is 1. The zero-order valence-electron chi connectivity index (χ0n) is 25.3. The van der Waals surface area contributed by atoms with Crippen LogP contribution in [0.5, 0.6) is 0 Å². The number of likely N-dealkylation sites (tertiary alicyclic amines) is 1. The SMILES string of the molecule is CC#CC(=O)N1C[C@H](CNCc2cc3c(c(C(F)(F)F)c2)CN(c2cccc(C4(c5nncn5C)CC(C)C4)c2)C3=O)[C@H](F)C1. The number of aryl methyl sites for hydroxylation is 1. The summed E-state index contributed by atoms with van der Waals surface area (Å²) in [4.78, 5) is 28.4. The molecular weight excluding hydrogens is 588 g/mol. The largest absolute Gasteiger partial charge is 0.416 e. The number of hydrogen-bond donors (Lipinski definition) is 1. The third-order valence-electron chi connectivity index (χ3n) is 9.27. The number of amides is 2. The molecule has 45 heavy (non-hydrogen) atoms. The van der Waals surface area contributed by atoms with Crippen LogP contribution in [0.1, 0.15) is 65.1 Å². The highest BCUT2D eigenvalue weighted by Crippen LogP contribution is 2.52. The molecule has 1 saturated heterocycles. The minimum absolute atomic E-state index is 0.00343. The van der Waals surface area contributed by atoms with Gasteiger partial charge in [0.2, 0.25) is 0 Å².